The Balaban J connectivity index is 2.46. The lowest BCUT2D eigenvalue weighted by Gasteiger charge is -2.16. The van der Waals surface area contributed by atoms with Gasteiger partial charge in [-0.05, 0) is 30.8 Å². The van der Waals surface area contributed by atoms with Gasteiger partial charge in [-0.1, -0.05) is 33.8 Å². The van der Waals surface area contributed by atoms with Crippen LogP contribution in [0.4, 0.5) is 0 Å². The lowest BCUT2D eigenvalue weighted by atomic mass is 10.2. The molecular formula is C11H18BrN3OS. The van der Waals surface area contributed by atoms with Gasteiger partial charge in [0.1, 0.15) is 4.88 Å². The number of aromatic nitrogens is 2. The van der Waals surface area contributed by atoms with Crippen molar-refractivity contribution in [2.75, 3.05) is 18.9 Å². The van der Waals surface area contributed by atoms with E-state index in [0.717, 1.165) is 43.3 Å². The highest BCUT2D eigenvalue weighted by molar-refractivity contribution is 9.09. The predicted molar refractivity (Wildman–Crippen MR) is 73.9 cm³/mol. The minimum Gasteiger partial charge on any atom is -0.341 e. The number of carbonyl (C=O) groups is 1. The number of aryl methyl sites for hydroxylation is 1. The zero-order chi connectivity index (χ0) is 12.7. The molecule has 1 aromatic heterocycles. The Bertz CT molecular complexity index is 356. The molecule has 0 radical (unpaired) electrons. The number of unbranched alkanes of at least 4 members (excludes halogenated alkanes) is 2. The van der Waals surface area contributed by atoms with Crippen molar-refractivity contribution in [1.82, 2.24) is 14.5 Å². The number of carbonyl (C=O) groups excluding carboxylic acids is 1. The van der Waals surface area contributed by atoms with Gasteiger partial charge in [0.05, 0.1) is 5.69 Å². The Kier molecular flexibility index (Phi) is 6.65. The topological polar surface area (TPSA) is 46.1 Å². The monoisotopic (exact) mass is 319 g/mol. The van der Waals surface area contributed by atoms with Crippen LogP contribution in [0.15, 0.2) is 0 Å². The van der Waals surface area contributed by atoms with Crippen molar-refractivity contribution in [1.29, 1.82) is 0 Å². The van der Waals surface area contributed by atoms with E-state index < -0.39 is 0 Å². The van der Waals surface area contributed by atoms with Crippen molar-refractivity contribution in [2.45, 2.75) is 32.6 Å². The second-order valence-electron chi connectivity index (χ2n) is 3.88. The molecule has 0 aliphatic heterocycles. The van der Waals surface area contributed by atoms with Crippen LogP contribution in [-0.4, -0.2) is 39.3 Å². The Labute approximate surface area is 115 Å². The summed E-state index contributed by atoms with van der Waals surface area (Å²) in [5.41, 5.74) is 0.812. The number of hydrogen-bond acceptors (Lipinski definition) is 4. The molecule has 1 heterocycles. The molecular weight excluding hydrogens is 302 g/mol. The van der Waals surface area contributed by atoms with Gasteiger partial charge in [-0.3, -0.25) is 4.79 Å². The van der Waals surface area contributed by atoms with Gasteiger partial charge < -0.3 is 4.90 Å². The highest BCUT2D eigenvalue weighted by Gasteiger charge is 2.18. The first kappa shape index (κ1) is 14.6. The smallest absolute Gasteiger partial charge is 0.267 e. The molecule has 1 rings (SSSR count). The van der Waals surface area contributed by atoms with Gasteiger partial charge in [0, 0.05) is 18.9 Å². The summed E-state index contributed by atoms with van der Waals surface area (Å²) in [6.45, 7) is 2.79. The first-order chi connectivity index (χ1) is 8.20. The van der Waals surface area contributed by atoms with Crippen LogP contribution < -0.4 is 0 Å². The predicted octanol–water partition coefficient (Wildman–Crippen LogP) is 2.74. The summed E-state index contributed by atoms with van der Waals surface area (Å²) in [5, 5.41) is 4.99. The van der Waals surface area contributed by atoms with E-state index in [9.17, 15) is 4.79 Å². The number of alkyl halides is 1. The quantitative estimate of drug-likeness (QED) is 0.573. The van der Waals surface area contributed by atoms with Gasteiger partial charge in [-0.15, -0.1) is 5.10 Å². The van der Waals surface area contributed by atoms with E-state index in [2.05, 4.69) is 25.5 Å². The van der Waals surface area contributed by atoms with E-state index in [1.807, 2.05) is 14.0 Å². The van der Waals surface area contributed by atoms with E-state index in [1.54, 1.807) is 4.90 Å². The van der Waals surface area contributed by atoms with Crippen molar-refractivity contribution in [2.24, 2.45) is 0 Å². The van der Waals surface area contributed by atoms with Crippen molar-refractivity contribution >= 4 is 33.4 Å². The van der Waals surface area contributed by atoms with E-state index >= 15 is 0 Å². The minimum atomic E-state index is 0.0516. The third kappa shape index (κ3) is 4.35. The third-order valence-corrected chi connectivity index (χ3v) is 3.88. The molecule has 0 saturated carbocycles. The molecule has 0 saturated heterocycles. The van der Waals surface area contributed by atoms with Crippen LogP contribution in [0.1, 0.15) is 41.6 Å². The number of amides is 1. The second-order valence-corrected chi connectivity index (χ2v) is 5.43. The van der Waals surface area contributed by atoms with E-state index in [0.29, 0.717) is 4.88 Å². The fourth-order valence-corrected chi connectivity index (χ4v) is 2.64. The molecule has 0 aromatic carbocycles. The zero-order valence-corrected chi connectivity index (χ0v) is 12.7. The SMILES string of the molecule is CCc1nnsc1C(=O)N(C)CCCCCBr. The summed E-state index contributed by atoms with van der Waals surface area (Å²) in [6.07, 6.45) is 4.10. The highest BCUT2D eigenvalue weighted by atomic mass is 79.9. The second kappa shape index (κ2) is 7.76. The van der Waals surface area contributed by atoms with E-state index in [-0.39, 0.29) is 5.91 Å². The van der Waals surface area contributed by atoms with Crippen molar-refractivity contribution in [3.63, 3.8) is 0 Å². The van der Waals surface area contributed by atoms with Gasteiger partial charge in [0.25, 0.3) is 5.91 Å². The summed E-state index contributed by atoms with van der Waals surface area (Å²) in [5.74, 6) is 0.0516. The summed E-state index contributed by atoms with van der Waals surface area (Å²) in [6, 6.07) is 0. The van der Waals surface area contributed by atoms with Crippen LogP contribution in [0.25, 0.3) is 0 Å². The third-order valence-electron chi connectivity index (χ3n) is 2.56. The molecule has 0 aliphatic carbocycles. The highest BCUT2D eigenvalue weighted by Crippen LogP contribution is 2.14. The van der Waals surface area contributed by atoms with Gasteiger partial charge in [0.15, 0.2) is 0 Å². The Hall–Kier alpha value is -0.490. The maximum atomic E-state index is 12.1. The summed E-state index contributed by atoms with van der Waals surface area (Å²) >= 11 is 4.59. The Morgan fingerprint density at radius 3 is 2.82 bits per heavy atom. The lowest BCUT2D eigenvalue weighted by molar-refractivity contribution is 0.0796. The molecule has 0 atom stereocenters. The molecule has 0 bridgehead atoms. The molecule has 0 aliphatic rings. The molecule has 0 unspecified atom stereocenters. The van der Waals surface area contributed by atoms with Gasteiger partial charge >= 0.3 is 0 Å². The number of halogens is 1. The number of rotatable bonds is 7. The van der Waals surface area contributed by atoms with Crippen molar-refractivity contribution < 1.29 is 4.79 Å². The van der Waals surface area contributed by atoms with Crippen LogP contribution in [-0.2, 0) is 6.42 Å². The van der Waals surface area contributed by atoms with Crippen LogP contribution in [0.5, 0.6) is 0 Å². The molecule has 1 amide bonds. The zero-order valence-electron chi connectivity index (χ0n) is 10.3. The van der Waals surface area contributed by atoms with Crippen LogP contribution >= 0.6 is 27.5 Å². The largest absolute Gasteiger partial charge is 0.341 e. The minimum absolute atomic E-state index is 0.0516. The van der Waals surface area contributed by atoms with Crippen molar-refractivity contribution in [3.8, 4) is 0 Å². The van der Waals surface area contributed by atoms with Crippen LogP contribution in [0.2, 0.25) is 0 Å². The average molecular weight is 320 g/mol. The van der Waals surface area contributed by atoms with Gasteiger partial charge in [0.2, 0.25) is 0 Å². The summed E-state index contributed by atoms with van der Waals surface area (Å²) in [4.78, 5) is 14.6. The first-order valence-corrected chi connectivity index (χ1v) is 7.72. The normalized spacial score (nSPS) is 10.5. The maximum absolute atomic E-state index is 12.1. The van der Waals surface area contributed by atoms with Crippen LogP contribution in [0.3, 0.4) is 0 Å². The Morgan fingerprint density at radius 1 is 1.41 bits per heavy atom. The maximum Gasteiger partial charge on any atom is 0.267 e. The molecule has 96 valence electrons. The average Bonchev–Trinajstić information content (AvgIpc) is 2.81. The van der Waals surface area contributed by atoms with Gasteiger partial charge in [-0.25, -0.2) is 0 Å². The lowest BCUT2D eigenvalue weighted by Crippen LogP contribution is -2.27. The molecule has 0 fully saturated rings. The van der Waals surface area contributed by atoms with Gasteiger partial charge in [-0.2, -0.15) is 0 Å². The fourth-order valence-electron chi connectivity index (χ4n) is 1.50. The van der Waals surface area contributed by atoms with E-state index in [4.69, 9.17) is 0 Å². The number of nitrogens with zero attached hydrogens (tertiary/aromatic N) is 3. The number of hydrogen-bond donors (Lipinski definition) is 0. The molecule has 0 N–H and O–H groups in total. The summed E-state index contributed by atoms with van der Waals surface area (Å²) in [7, 11) is 1.84. The molecule has 4 nitrogen and oxygen atoms in total. The molecule has 0 spiro atoms. The van der Waals surface area contributed by atoms with Crippen molar-refractivity contribution in [3.05, 3.63) is 10.6 Å². The molecule has 17 heavy (non-hydrogen) atoms. The molecule has 6 heteroatoms. The molecule has 1 aromatic rings. The Morgan fingerprint density at radius 2 is 2.18 bits per heavy atom. The first-order valence-electron chi connectivity index (χ1n) is 5.83. The van der Waals surface area contributed by atoms with Crippen LogP contribution in [0, 0.1) is 0 Å². The fraction of sp³-hybridized carbons (Fsp3) is 0.727. The summed E-state index contributed by atoms with van der Waals surface area (Å²) < 4.78 is 3.84. The standard InChI is InChI=1S/C11H18BrN3OS/c1-3-9-10(17-14-13-9)11(16)15(2)8-6-4-5-7-12/h3-8H2,1-2H3. The van der Waals surface area contributed by atoms with E-state index in [1.165, 1.54) is 11.5 Å².